The minimum atomic E-state index is -1.11. The van der Waals surface area contributed by atoms with Crippen LogP contribution >= 0.6 is 55.1 Å². The Morgan fingerprint density at radius 1 is 0.431 bits per heavy atom. The molecule has 1 saturated heterocycles. The molecule has 730 valence electrons. The van der Waals surface area contributed by atoms with Crippen LogP contribution in [0.25, 0.3) is 22.1 Å². The third-order valence-corrected chi connectivity index (χ3v) is 33.8. The van der Waals surface area contributed by atoms with Crippen molar-refractivity contribution in [2.24, 2.45) is 0 Å². The van der Waals surface area contributed by atoms with E-state index in [-0.39, 0.29) is 65.8 Å². The standard InChI is InChI=1S/C17H24N2O2Si.C13H18Br2N2O2Si.C13H20N2O2Si.C13H20N2OSi.C11H13N3O.C11H12N2O3.C11H10N2O.C7H6N2.C4H6Cl2/c1-22(2,3)12-11-21-13-19-15-14(7-6-10-18-15)17(16(19)20)8-4-5-9-17;1-20(2,3)8-7-19-9-17-11-10(5-4-6-16-11)13(14,15)12(17)18;1-18(2,3)8-7-17-10-15-12(16)9-11-5-4-6-14-13(11)15;1-17(2,3)10-9-16-11-15-8-6-12-5-4-7-14-13(12)15;15-10-11(3-6-12-7-4-11)8-2-1-5-13-9(8)14-10;14-7-4-11(5-8(7)15)6-2-1-3-12-9(6)13-10(11)16;14-10-11(5-1-2-6-11)8-4-3-7-12-9(8)13-10;1-2-6-3-5-9-7(6)8-4-1;5-3-1-2-4-6/h4-7,10H,8-9,11-13H2,1-3H3;4-6H,7-9H2,1-3H3;4-6H,7-10H2,1-3H3;4-8H,9-11H2,1-3H3;1-2,5,12H,3-4,6-7H2,(H,13,14,15);1-3,7-8,14-15H,4-5H2,(H,12,13,16);1-4,7H,5-6H2,(H,12,13,14);1-5H,(H,8,9);1-2H,3-4H2/b;;;;;;;;2-1-. The number of nitrogens with zero attached hydrogens (tertiary/aromatic N) is 12. The number of ether oxygens (including phenoxy) is 4. The largest absolute Gasteiger partial charge is 0.390 e. The molecule has 17 heterocycles. The molecule has 0 aromatic carbocycles. The Bertz CT molecular complexity index is 5840. The van der Waals surface area contributed by atoms with E-state index in [0.717, 1.165) is 156 Å². The van der Waals surface area contributed by atoms with Gasteiger partial charge in [0.2, 0.25) is 29.5 Å². The molecular weight excluding hydrogens is 1970 g/mol. The Balaban J connectivity index is 0.000000140. The molecule has 29 nitrogen and oxygen atoms in total. The molecule has 4 spiro atoms. The summed E-state index contributed by atoms with van der Waals surface area (Å²) < 4.78 is 24.0. The molecule has 1 saturated carbocycles. The summed E-state index contributed by atoms with van der Waals surface area (Å²) in [5.41, 5.74) is 5.88. The van der Waals surface area contributed by atoms with Gasteiger partial charge < -0.3 is 60.0 Å². The number of nitrogens with one attached hydrogen (secondary N) is 5. The van der Waals surface area contributed by atoms with Crippen LogP contribution in [0.15, 0.2) is 208 Å². The normalized spacial score (nSPS) is 19.2. The number of pyridine rings is 8. The lowest BCUT2D eigenvalue weighted by Gasteiger charge is -2.31. The molecule has 2 unspecified atom stereocenters. The number of aliphatic hydroxyl groups is 2. The highest BCUT2D eigenvalue weighted by Gasteiger charge is 2.56. The Kier molecular flexibility index (Phi) is 36.9. The van der Waals surface area contributed by atoms with Gasteiger partial charge in [0.25, 0.3) is 5.91 Å². The fourth-order valence-corrected chi connectivity index (χ4v) is 21.5. The van der Waals surface area contributed by atoms with Crippen LogP contribution in [-0.4, -0.2) is 211 Å². The molecule has 10 aromatic rings. The quantitative estimate of drug-likeness (QED) is 0.0143. The zero-order valence-corrected chi connectivity index (χ0v) is 89.0. The van der Waals surface area contributed by atoms with Crippen LogP contribution in [-0.2, 0) is 85.8 Å². The summed E-state index contributed by atoms with van der Waals surface area (Å²) in [5, 5.41) is 33.3. The predicted molar refractivity (Wildman–Crippen MR) is 561 cm³/mol. The highest BCUT2D eigenvalue weighted by Crippen LogP contribution is 2.52. The highest BCUT2D eigenvalue weighted by atomic mass is 79.9. The molecule has 10 aliphatic rings. The van der Waals surface area contributed by atoms with E-state index in [1.54, 1.807) is 64.1 Å². The zero-order valence-electron chi connectivity index (χ0n) is 80.3. The summed E-state index contributed by atoms with van der Waals surface area (Å²) in [6.45, 7) is 34.2. The molecule has 2 fully saturated rings. The number of piperidine rings is 1. The van der Waals surface area contributed by atoms with Crippen molar-refractivity contribution in [3.8, 4) is 0 Å². The van der Waals surface area contributed by atoms with Crippen LogP contribution in [0.2, 0.25) is 103 Å². The maximum absolute atomic E-state index is 13.0. The third kappa shape index (κ3) is 26.8. The molecule has 10 aromatic heterocycles. The minimum absolute atomic E-state index is 0.0803. The van der Waals surface area contributed by atoms with Gasteiger partial charge in [-0.3, -0.25) is 43.5 Å². The van der Waals surface area contributed by atoms with Crippen LogP contribution in [0, 0.1) is 0 Å². The number of rotatable bonds is 22. The molecular formula is C100H129Br2Cl2N17O12Si4. The molecule has 137 heavy (non-hydrogen) atoms. The van der Waals surface area contributed by atoms with Gasteiger partial charge in [0.1, 0.15) is 73.1 Å². The van der Waals surface area contributed by atoms with E-state index in [9.17, 15) is 39.0 Å². The number of alkyl halides is 4. The van der Waals surface area contributed by atoms with Crippen LogP contribution < -0.4 is 36.0 Å². The number of anilines is 6. The Morgan fingerprint density at radius 3 is 1.33 bits per heavy atom. The summed E-state index contributed by atoms with van der Waals surface area (Å²) in [5.74, 6) is 5.53. The van der Waals surface area contributed by atoms with Crippen molar-refractivity contribution in [1.29, 1.82) is 0 Å². The Labute approximate surface area is 833 Å². The van der Waals surface area contributed by atoms with Gasteiger partial charge in [0.15, 0.2) is 3.23 Å². The molecule has 3 aliphatic carbocycles. The number of hydrogen-bond donors (Lipinski definition) is 7. The van der Waals surface area contributed by atoms with Crippen LogP contribution in [0.1, 0.15) is 84.7 Å². The number of hydrogen-bond acceptors (Lipinski definition) is 21. The van der Waals surface area contributed by atoms with E-state index in [1.165, 1.54) is 11.4 Å². The van der Waals surface area contributed by atoms with Crippen molar-refractivity contribution >= 4 is 180 Å². The van der Waals surface area contributed by atoms with Gasteiger partial charge in [-0.05, 0) is 161 Å². The first-order chi connectivity index (χ1) is 65.4. The number of carbonyl (C=O) groups excluding carboxylic acids is 6. The number of allylic oxidation sites excluding steroid dienone is 6. The van der Waals surface area contributed by atoms with E-state index in [1.807, 2.05) is 122 Å². The maximum Gasteiger partial charge on any atom is 0.262 e. The number of aliphatic hydroxyl groups excluding tert-OH is 2. The van der Waals surface area contributed by atoms with Crippen LogP contribution in [0.4, 0.5) is 34.9 Å². The molecule has 37 heteroatoms. The first kappa shape index (κ1) is 106. The van der Waals surface area contributed by atoms with E-state index in [2.05, 4.69) is 218 Å². The lowest BCUT2D eigenvalue weighted by molar-refractivity contribution is -0.124. The molecule has 2 atom stereocenters. The highest BCUT2D eigenvalue weighted by molar-refractivity contribution is 9.25. The number of H-pyrrole nitrogens is 1. The van der Waals surface area contributed by atoms with Gasteiger partial charge in [-0.15, -0.1) is 23.2 Å². The summed E-state index contributed by atoms with van der Waals surface area (Å²) >= 11 is 17.3. The molecule has 6 amide bonds. The van der Waals surface area contributed by atoms with E-state index < -0.39 is 58.6 Å². The first-order valence-corrected chi connectivity index (χ1v) is 64.1. The number of aromatic nitrogens is 10. The van der Waals surface area contributed by atoms with Crippen molar-refractivity contribution < 1.29 is 57.9 Å². The SMILES string of the molecule is C[Si](C)(C)CCOCN1C(=O)C(Br)(Br)c2cccnc21.C[Si](C)(C)CCOCN1C(=O)C2(CC=CC2)c2cccnc21.C[Si](C)(C)CCOCN1C(=O)Cc2cccnc21.C[Si](C)(C)CCOCn1ccc2cccnc21.ClC/C=C\CCl.O=C1Nc2ncccc2C12CC(O)C(O)C2.O=C1Nc2ncccc2C12CC=CC2.O=C1Nc2ncccc2C12CCNCC2.c1cnc2[nH]ccc2c1. The number of fused-ring (bicyclic) bond motifs is 12. The number of halogens is 4. The van der Waals surface area contributed by atoms with Gasteiger partial charge in [-0.2, -0.15) is 0 Å². The summed E-state index contributed by atoms with van der Waals surface area (Å²) in [6.07, 6.45) is 33.9. The number of amides is 6. The van der Waals surface area contributed by atoms with Crippen molar-refractivity contribution in [2.75, 3.05) is 102 Å². The minimum Gasteiger partial charge on any atom is -0.390 e. The Morgan fingerprint density at radius 2 is 0.825 bits per heavy atom. The van der Waals surface area contributed by atoms with Gasteiger partial charge >= 0.3 is 0 Å². The summed E-state index contributed by atoms with van der Waals surface area (Å²) in [6, 6.07) is 39.4. The molecule has 7 aliphatic heterocycles. The average Bonchev–Trinajstić information content (AvgIpc) is 1.59. The van der Waals surface area contributed by atoms with Crippen molar-refractivity contribution in [3.05, 3.63) is 241 Å². The van der Waals surface area contributed by atoms with Crippen LogP contribution in [0.3, 0.4) is 0 Å². The fraction of sp³-hybridized carbons (Fsp3) is 0.440. The monoisotopic (exact) mass is 2100 g/mol. The molecule has 0 radical (unpaired) electrons. The first-order valence-electron chi connectivity index (χ1n) is 46.6. The van der Waals surface area contributed by atoms with Gasteiger partial charge in [-0.1, -0.05) is 183 Å². The molecule has 7 N–H and O–H groups in total. The topological polar surface area (TPSA) is 361 Å². The maximum atomic E-state index is 13.0. The number of carbonyl (C=O) groups is 6. The van der Waals surface area contributed by atoms with Crippen molar-refractivity contribution in [1.82, 2.24) is 54.7 Å². The molecule has 0 bridgehead atoms. The summed E-state index contributed by atoms with van der Waals surface area (Å²) in [7, 11) is -4.27. The van der Waals surface area contributed by atoms with E-state index in [0.29, 0.717) is 63.2 Å². The second-order valence-electron chi connectivity index (χ2n) is 40.0. The van der Waals surface area contributed by atoms with Gasteiger partial charge in [-0.25, -0.2) is 39.9 Å². The van der Waals surface area contributed by atoms with Crippen molar-refractivity contribution in [2.45, 2.75) is 204 Å². The third-order valence-electron chi connectivity index (χ3n) is 25.1. The second kappa shape index (κ2) is 47.6. The number of aromatic amines is 1. The van der Waals surface area contributed by atoms with Gasteiger partial charge in [0.05, 0.1) is 40.3 Å². The Hall–Kier alpha value is -9.55. The smallest absolute Gasteiger partial charge is 0.262 e. The second-order valence-corrected chi connectivity index (χ2v) is 66.6. The lowest BCUT2D eigenvalue weighted by Crippen LogP contribution is -2.44. The molecule has 20 rings (SSSR count). The lowest BCUT2D eigenvalue weighted by atomic mass is 9.75. The van der Waals surface area contributed by atoms with Gasteiger partial charge in [0, 0.05) is 177 Å². The van der Waals surface area contributed by atoms with Crippen LogP contribution in [0.5, 0.6) is 0 Å². The fourth-order valence-electron chi connectivity index (χ4n) is 17.2. The predicted octanol–water partition coefficient (Wildman–Crippen LogP) is 18.3. The average molecular weight is 2100 g/mol. The summed E-state index contributed by atoms with van der Waals surface area (Å²) in [4.78, 5) is 115. The zero-order chi connectivity index (χ0) is 98.4. The van der Waals surface area contributed by atoms with Crippen molar-refractivity contribution in [3.63, 3.8) is 0 Å². The van der Waals surface area contributed by atoms with E-state index >= 15 is 0 Å². The van der Waals surface area contributed by atoms with E-state index in [4.69, 9.17) is 42.1 Å².